The van der Waals surface area contributed by atoms with Crippen LogP contribution >= 0.6 is 0 Å². The summed E-state index contributed by atoms with van der Waals surface area (Å²) in [6, 6.07) is 11.5. The van der Waals surface area contributed by atoms with Crippen LogP contribution in [0.5, 0.6) is 17.2 Å². The van der Waals surface area contributed by atoms with Gasteiger partial charge in [0.1, 0.15) is 5.75 Å². The molecule has 170 valence electrons. The van der Waals surface area contributed by atoms with E-state index in [9.17, 15) is 4.79 Å². The lowest BCUT2D eigenvalue weighted by Crippen LogP contribution is -2.31. The van der Waals surface area contributed by atoms with E-state index in [4.69, 9.17) is 14.2 Å². The summed E-state index contributed by atoms with van der Waals surface area (Å²) in [6.07, 6.45) is 2.69. The van der Waals surface area contributed by atoms with Crippen LogP contribution in [0.25, 0.3) is 10.9 Å². The minimum absolute atomic E-state index is 0.0773. The zero-order valence-corrected chi connectivity index (χ0v) is 19.1. The number of benzene rings is 2. The van der Waals surface area contributed by atoms with Crippen LogP contribution in [0.15, 0.2) is 42.6 Å². The number of ether oxygens (including phenoxy) is 3. The molecule has 1 aliphatic heterocycles. The summed E-state index contributed by atoms with van der Waals surface area (Å²) in [5.74, 6) is 2.00. The molecule has 1 aliphatic rings. The van der Waals surface area contributed by atoms with Gasteiger partial charge in [0, 0.05) is 34.9 Å². The van der Waals surface area contributed by atoms with E-state index in [-0.39, 0.29) is 11.9 Å². The second kappa shape index (κ2) is 8.20. The predicted molar refractivity (Wildman–Crippen MR) is 124 cm³/mol. The molecule has 0 saturated carbocycles. The molecule has 1 amide bonds. The summed E-state index contributed by atoms with van der Waals surface area (Å²) >= 11 is 0. The number of nitrogens with zero attached hydrogens (tertiary/aromatic N) is 2. The highest BCUT2D eigenvalue weighted by Crippen LogP contribution is 2.42. The van der Waals surface area contributed by atoms with Crippen molar-refractivity contribution in [3.05, 3.63) is 70.7 Å². The third-order valence-corrected chi connectivity index (χ3v) is 6.36. The molecule has 4 aromatic rings. The number of aryl methyl sites for hydroxylation is 1. The number of nitrogens with one attached hydrogen (secondary N) is 2. The van der Waals surface area contributed by atoms with Gasteiger partial charge < -0.3 is 24.1 Å². The van der Waals surface area contributed by atoms with Crippen LogP contribution in [0.4, 0.5) is 0 Å². The molecule has 0 aliphatic carbocycles. The first-order valence-electron chi connectivity index (χ1n) is 10.8. The number of hydrogen-bond donors (Lipinski definition) is 2. The number of aromatic nitrogens is 3. The molecular weight excluding hydrogens is 420 g/mol. The normalized spacial score (nSPS) is 15.2. The first-order chi connectivity index (χ1) is 16.0. The fourth-order valence-corrected chi connectivity index (χ4v) is 4.68. The Labute approximate surface area is 191 Å². The van der Waals surface area contributed by atoms with E-state index in [0.29, 0.717) is 30.2 Å². The van der Waals surface area contributed by atoms with Crippen molar-refractivity contribution in [2.45, 2.75) is 19.4 Å². The Morgan fingerprint density at radius 2 is 1.85 bits per heavy atom. The van der Waals surface area contributed by atoms with E-state index >= 15 is 0 Å². The topological polar surface area (TPSA) is 92.5 Å². The summed E-state index contributed by atoms with van der Waals surface area (Å²) < 4.78 is 16.3. The van der Waals surface area contributed by atoms with Crippen LogP contribution in [-0.4, -0.2) is 53.9 Å². The smallest absolute Gasteiger partial charge is 0.275 e. The molecule has 1 atom stereocenters. The second-order valence-corrected chi connectivity index (χ2v) is 8.10. The molecule has 0 saturated heterocycles. The first-order valence-corrected chi connectivity index (χ1v) is 10.8. The number of carbonyl (C=O) groups is 1. The lowest BCUT2D eigenvalue weighted by atomic mass is 9.98. The molecule has 33 heavy (non-hydrogen) atoms. The third-order valence-electron chi connectivity index (χ3n) is 6.36. The molecule has 0 spiro atoms. The number of hydrogen-bond acceptors (Lipinski definition) is 5. The molecule has 5 rings (SSSR count). The summed E-state index contributed by atoms with van der Waals surface area (Å²) in [5, 5.41) is 8.37. The van der Waals surface area contributed by atoms with Crippen molar-refractivity contribution in [3.8, 4) is 17.2 Å². The summed E-state index contributed by atoms with van der Waals surface area (Å²) in [7, 11) is 4.88. The van der Waals surface area contributed by atoms with Gasteiger partial charge in [0.05, 0.1) is 27.4 Å². The molecule has 0 bridgehead atoms. The van der Waals surface area contributed by atoms with E-state index in [1.54, 1.807) is 21.3 Å². The van der Waals surface area contributed by atoms with Gasteiger partial charge in [-0.25, -0.2) is 0 Å². The molecule has 0 radical (unpaired) electrons. The van der Waals surface area contributed by atoms with Gasteiger partial charge in [-0.2, -0.15) is 5.10 Å². The summed E-state index contributed by atoms with van der Waals surface area (Å²) in [6.45, 7) is 2.49. The summed E-state index contributed by atoms with van der Waals surface area (Å²) in [4.78, 5) is 18.6. The molecule has 8 heteroatoms. The van der Waals surface area contributed by atoms with E-state index < -0.39 is 0 Å². The SMILES string of the molecule is COc1ccc2[nH]cc(CCN3C(=O)c4n[nH]c(C)c4[C@H]3c3ccc(OC)c(OC)c3)c2c1. The maximum absolute atomic E-state index is 13.4. The molecule has 8 nitrogen and oxygen atoms in total. The highest BCUT2D eigenvalue weighted by atomic mass is 16.5. The average Bonchev–Trinajstić information content (AvgIpc) is 3.51. The number of fused-ring (bicyclic) bond motifs is 2. The van der Waals surface area contributed by atoms with E-state index in [0.717, 1.165) is 39.0 Å². The Morgan fingerprint density at radius 3 is 2.61 bits per heavy atom. The minimum atomic E-state index is -0.259. The monoisotopic (exact) mass is 446 g/mol. The number of rotatable bonds is 7. The number of carbonyl (C=O) groups excluding carboxylic acids is 1. The Kier molecular flexibility index (Phi) is 5.20. The second-order valence-electron chi connectivity index (χ2n) is 8.10. The standard InChI is InChI=1S/C25H26N4O4/c1-14-22-23(28-27-14)25(30)29(24(22)15-5-8-20(32-3)21(11-15)33-4)10-9-16-13-26-19-7-6-17(31-2)12-18(16)19/h5-8,11-13,24,26H,9-10H2,1-4H3,(H,27,28)/t24-/m1/s1. The van der Waals surface area contributed by atoms with Gasteiger partial charge in [-0.3, -0.25) is 9.89 Å². The number of H-pyrrole nitrogens is 2. The molecule has 0 fully saturated rings. The number of amides is 1. The molecular formula is C25H26N4O4. The number of aromatic amines is 2. The van der Waals surface area contributed by atoms with Crippen molar-refractivity contribution in [2.24, 2.45) is 0 Å². The molecule has 2 aromatic heterocycles. The van der Waals surface area contributed by atoms with Crippen LogP contribution in [-0.2, 0) is 6.42 Å². The fourth-order valence-electron chi connectivity index (χ4n) is 4.68. The fraction of sp³-hybridized carbons (Fsp3) is 0.280. The van der Waals surface area contributed by atoms with Gasteiger partial charge in [-0.15, -0.1) is 0 Å². The minimum Gasteiger partial charge on any atom is -0.497 e. The van der Waals surface area contributed by atoms with Gasteiger partial charge in [-0.1, -0.05) is 6.07 Å². The molecule has 3 heterocycles. The van der Waals surface area contributed by atoms with E-state index in [1.807, 2.05) is 54.4 Å². The predicted octanol–water partition coefficient (Wildman–Crippen LogP) is 4.01. The lowest BCUT2D eigenvalue weighted by Gasteiger charge is -2.26. The first kappa shape index (κ1) is 20.9. The Bertz CT molecular complexity index is 1340. The van der Waals surface area contributed by atoms with Gasteiger partial charge >= 0.3 is 0 Å². The largest absolute Gasteiger partial charge is 0.497 e. The van der Waals surface area contributed by atoms with Crippen molar-refractivity contribution in [1.29, 1.82) is 0 Å². The zero-order valence-electron chi connectivity index (χ0n) is 19.1. The van der Waals surface area contributed by atoms with E-state index in [1.165, 1.54) is 0 Å². The van der Waals surface area contributed by atoms with Gasteiger partial charge in [-0.05, 0) is 54.8 Å². The molecule has 0 unspecified atom stereocenters. The van der Waals surface area contributed by atoms with Crippen LogP contribution in [0.1, 0.15) is 38.9 Å². The highest BCUT2D eigenvalue weighted by Gasteiger charge is 2.41. The Morgan fingerprint density at radius 1 is 1.03 bits per heavy atom. The van der Waals surface area contributed by atoms with Crippen molar-refractivity contribution in [1.82, 2.24) is 20.1 Å². The van der Waals surface area contributed by atoms with Crippen molar-refractivity contribution < 1.29 is 19.0 Å². The van der Waals surface area contributed by atoms with Gasteiger partial charge in [0.25, 0.3) is 5.91 Å². The molecule has 2 N–H and O–H groups in total. The van der Waals surface area contributed by atoms with Gasteiger partial charge in [0.15, 0.2) is 17.2 Å². The maximum Gasteiger partial charge on any atom is 0.275 e. The third kappa shape index (κ3) is 3.38. The average molecular weight is 447 g/mol. The Hall–Kier alpha value is -3.94. The number of methoxy groups -OCH3 is 3. The van der Waals surface area contributed by atoms with Crippen LogP contribution in [0.2, 0.25) is 0 Å². The van der Waals surface area contributed by atoms with Crippen molar-refractivity contribution in [3.63, 3.8) is 0 Å². The van der Waals surface area contributed by atoms with Gasteiger partial charge in [0.2, 0.25) is 0 Å². The zero-order chi connectivity index (χ0) is 23.1. The van der Waals surface area contributed by atoms with Crippen LogP contribution < -0.4 is 14.2 Å². The quantitative estimate of drug-likeness (QED) is 0.447. The lowest BCUT2D eigenvalue weighted by molar-refractivity contribution is 0.0745. The maximum atomic E-state index is 13.4. The summed E-state index contributed by atoms with van der Waals surface area (Å²) in [5.41, 5.74) is 5.40. The van der Waals surface area contributed by atoms with Crippen LogP contribution in [0, 0.1) is 6.92 Å². The highest BCUT2D eigenvalue weighted by molar-refractivity contribution is 5.98. The van der Waals surface area contributed by atoms with E-state index in [2.05, 4.69) is 15.2 Å². The molecule has 2 aromatic carbocycles. The van der Waals surface area contributed by atoms with Crippen molar-refractivity contribution >= 4 is 16.8 Å². The Balaban J connectivity index is 1.50. The van der Waals surface area contributed by atoms with Crippen LogP contribution in [0.3, 0.4) is 0 Å². The van der Waals surface area contributed by atoms with Crippen molar-refractivity contribution in [2.75, 3.05) is 27.9 Å².